The summed E-state index contributed by atoms with van der Waals surface area (Å²) in [5.74, 6) is 0.538. The van der Waals surface area contributed by atoms with Gasteiger partial charge in [0.1, 0.15) is 17.4 Å². The third-order valence-corrected chi connectivity index (χ3v) is 5.73. The van der Waals surface area contributed by atoms with Crippen LogP contribution >= 0.6 is 11.3 Å². The molecule has 23 heavy (non-hydrogen) atoms. The van der Waals surface area contributed by atoms with Crippen LogP contribution in [0.15, 0.2) is 46.0 Å². The van der Waals surface area contributed by atoms with Crippen molar-refractivity contribution in [1.82, 2.24) is 4.72 Å². The molecule has 1 aromatic heterocycles. The number of ether oxygens (including phenoxy) is 2. The van der Waals surface area contributed by atoms with Crippen LogP contribution in [0.2, 0.25) is 0 Å². The third-order valence-electron chi connectivity index (χ3n) is 2.99. The topological polar surface area (TPSA) is 81.7 Å². The van der Waals surface area contributed by atoms with Gasteiger partial charge in [0.2, 0.25) is 0 Å². The molecule has 1 N–H and O–H groups in total. The molecule has 3 rings (SSSR count). The normalized spacial score (nSPS) is 13.9. The number of amides is 1. The van der Waals surface area contributed by atoms with Crippen molar-refractivity contribution in [2.24, 2.45) is 0 Å². The SMILES string of the molecule is O=C(/C=C/c1ccc2c(c1)OCCO2)NS(=O)(=O)c1cccs1. The summed E-state index contributed by atoms with van der Waals surface area (Å²) in [6.45, 7) is 0.977. The lowest BCUT2D eigenvalue weighted by Gasteiger charge is -2.18. The monoisotopic (exact) mass is 351 g/mol. The summed E-state index contributed by atoms with van der Waals surface area (Å²) in [4.78, 5) is 11.8. The lowest BCUT2D eigenvalue weighted by Crippen LogP contribution is -2.28. The Morgan fingerprint density at radius 3 is 2.70 bits per heavy atom. The summed E-state index contributed by atoms with van der Waals surface area (Å²) in [5.41, 5.74) is 0.706. The van der Waals surface area contributed by atoms with Gasteiger partial charge in [0.25, 0.3) is 15.9 Å². The van der Waals surface area contributed by atoms with Gasteiger partial charge in [-0.3, -0.25) is 4.79 Å². The van der Waals surface area contributed by atoms with Crippen LogP contribution in [0.25, 0.3) is 6.08 Å². The maximum absolute atomic E-state index is 11.9. The molecule has 2 heterocycles. The number of carbonyl (C=O) groups excluding carboxylic acids is 1. The van der Waals surface area contributed by atoms with E-state index < -0.39 is 15.9 Å². The molecular formula is C15H13NO5S2. The minimum Gasteiger partial charge on any atom is -0.486 e. The fourth-order valence-corrected chi connectivity index (χ4v) is 3.91. The first-order chi connectivity index (χ1) is 11.0. The molecule has 1 aliphatic heterocycles. The molecule has 1 aliphatic rings. The van der Waals surface area contributed by atoms with Crippen molar-refractivity contribution in [2.45, 2.75) is 4.21 Å². The standard InChI is InChI=1S/C15H13NO5S2/c17-14(16-23(18,19)15-2-1-9-22-15)6-4-11-3-5-12-13(10-11)21-8-7-20-12/h1-6,9-10H,7-8H2,(H,16,17)/b6-4+. The van der Waals surface area contributed by atoms with Crippen molar-refractivity contribution in [2.75, 3.05) is 13.2 Å². The van der Waals surface area contributed by atoms with Crippen LogP contribution in [0.4, 0.5) is 0 Å². The predicted octanol–water partition coefficient (Wildman–Crippen LogP) is 2.04. The number of sulfonamides is 1. The minimum atomic E-state index is -3.81. The molecule has 0 spiro atoms. The molecule has 0 unspecified atom stereocenters. The van der Waals surface area contributed by atoms with Gasteiger partial charge in [-0.2, -0.15) is 0 Å². The molecule has 0 fully saturated rings. The van der Waals surface area contributed by atoms with E-state index in [-0.39, 0.29) is 4.21 Å². The van der Waals surface area contributed by atoms with Crippen LogP contribution in [-0.4, -0.2) is 27.5 Å². The average molecular weight is 351 g/mol. The summed E-state index contributed by atoms with van der Waals surface area (Å²) < 4.78 is 36.8. The zero-order chi connectivity index (χ0) is 16.3. The molecule has 120 valence electrons. The van der Waals surface area contributed by atoms with E-state index in [0.29, 0.717) is 30.3 Å². The Labute approximate surface area is 137 Å². The number of hydrogen-bond acceptors (Lipinski definition) is 6. The fraction of sp³-hybridized carbons (Fsp3) is 0.133. The number of hydrogen-bond donors (Lipinski definition) is 1. The van der Waals surface area contributed by atoms with Crippen LogP contribution in [-0.2, 0) is 14.8 Å². The molecular weight excluding hydrogens is 338 g/mol. The van der Waals surface area contributed by atoms with Crippen molar-refractivity contribution < 1.29 is 22.7 Å². The molecule has 6 nitrogen and oxygen atoms in total. The van der Waals surface area contributed by atoms with Crippen LogP contribution in [0.5, 0.6) is 11.5 Å². The number of benzene rings is 1. The van der Waals surface area contributed by atoms with Gasteiger partial charge < -0.3 is 9.47 Å². The van der Waals surface area contributed by atoms with Crippen molar-refractivity contribution in [3.63, 3.8) is 0 Å². The van der Waals surface area contributed by atoms with Crippen LogP contribution in [0.1, 0.15) is 5.56 Å². The largest absolute Gasteiger partial charge is 0.486 e. The average Bonchev–Trinajstić information content (AvgIpc) is 3.08. The Balaban J connectivity index is 1.69. The van der Waals surface area contributed by atoms with Gasteiger partial charge in [-0.15, -0.1) is 11.3 Å². The van der Waals surface area contributed by atoms with Crippen molar-refractivity contribution in [1.29, 1.82) is 0 Å². The first-order valence-corrected chi connectivity index (χ1v) is 9.09. The molecule has 8 heteroatoms. The number of carbonyl (C=O) groups is 1. The summed E-state index contributed by atoms with van der Waals surface area (Å²) in [6.07, 6.45) is 2.67. The molecule has 0 saturated heterocycles. The molecule has 0 aliphatic carbocycles. The van der Waals surface area contributed by atoms with Crippen molar-refractivity contribution in [3.8, 4) is 11.5 Å². The number of rotatable bonds is 4. The summed E-state index contributed by atoms with van der Waals surface area (Å²) in [6, 6.07) is 8.27. The minimum absolute atomic E-state index is 0.0959. The van der Waals surface area contributed by atoms with Gasteiger partial charge in [0, 0.05) is 6.08 Å². The Morgan fingerprint density at radius 1 is 1.17 bits per heavy atom. The lowest BCUT2D eigenvalue weighted by atomic mass is 10.2. The zero-order valence-corrected chi connectivity index (χ0v) is 13.5. The Bertz CT molecular complexity index is 841. The smallest absolute Gasteiger partial charge is 0.273 e. The third kappa shape index (κ3) is 3.72. The van der Waals surface area contributed by atoms with E-state index in [1.54, 1.807) is 29.6 Å². The van der Waals surface area contributed by atoms with Gasteiger partial charge >= 0.3 is 0 Å². The fourth-order valence-electron chi connectivity index (χ4n) is 1.97. The molecule has 2 aromatic rings. The maximum atomic E-state index is 11.9. The molecule has 0 radical (unpaired) electrons. The van der Waals surface area contributed by atoms with E-state index >= 15 is 0 Å². The maximum Gasteiger partial charge on any atom is 0.273 e. The van der Waals surface area contributed by atoms with Gasteiger partial charge in [-0.25, -0.2) is 13.1 Å². The summed E-state index contributed by atoms with van der Waals surface area (Å²) in [5, 5.41) is 1.63. The van der Waals surface area contributed by atoms with E-state index in [0.717, 1.165) is 17.4 Å². The lowest BCUT2D eigenvalue weighted by molar-refractivity contribution is -0.114. The van der Waals surface area contributed by atoms with Crippen LogP contribution in [0.3, 0.4) is 0 Å². The zero-order valence-electron chi connectivity index (χ0n) is 11.9. The first kappa shape index (κ1) is 15.6. The van der Waals surface area contributed by atoms with Gasteiger partial charge in [0.15, 0.2) is 11.5 Å². The molecule has 1 amide bonds. The summed E-state index contributed by atoms with van der Waals surface area (Å²) >= 11 is 1.04. The summed E-state index contributed by atoms with van der Waals surface area (Å²) in [7, 11) is -3.81. The molecule has 0 saturated carbocycles. The molecule has 0 atom stereocenters. The molecule has 1 aromatic carbocycles. The second kappa shape index (κ2) is 6.43. The Kier molecular flexibility index (Phi) is 4.35. The Morgan fingerprint density at radius 2 is 1.96 bits per heavy atom. The quantitative estimate of drug-likeness (QED) is 0.853. The van der Waals surface area contributed by atoms with E-state index in [1.165, 1.54) is 12.1 Å². The van der Waals surface area contributed by atoms with Gasteiger partial charge in [-0.1, -0.05) is 12.1 Å². The predicted molar refractivity (Wildman–Crippen MR) is 86.1 cm³/mol. The highest BCUT2D eigenvalue weighted by molar-refractivity contribution is 7.92. The highest BCUT2D eigenvalue weighted by Crippen LogP contribution is 2.31. The van der Waals surface area contributed by atoms with Gasteiger partial charge in [-0.05, 0) is 35.2 Å². The number of fused-ring (bicyclic) bond motifs is 1. The van der Waals surface area contributed by atoms with Crippen LogP contribution in [0, 0.1) is 0 Å². The highest BCUT2D eigenvalue weighted by atomic mass is 32.2. The van der Waals surface area contributed by atoms with Gasteiger partial charge in [0.05, 0.1) is 0 Å². The Hall–Kier alpha value is -2.32. The second-order valence-corrected chi connectivity index (χ2v) is 7.50. The number of thiophene rings is 1. The van der Waals surface area contributed by atoms with E-state index in [2.05, 4.69) is 0 Å². The van der Waals surface area contributed by atoms with E-state index in [9.17, 15) is 13.2 Å². The van der Waals surface area contributed by atoms with E-state index in [1.807, 2.05) is 4.72 Å². The first-order valence-electron chi connectivity index (χ1n) is 6.73. The second-order valence-electron chi connectivity index (χ2n) is 4.64. The highest BCUT2D eigenvalue weighted by Gasteiger charge is 2.17. The van der Waals surface area contributed by atoms with E-state index in [4.69, 9.17) is 9.47 Å². The molecule has 0 bridgehead atoms. The van der Waals surface area contributed by atoms with Crippen molar-refractivity contribution in [3.05, 3.63) is 47.4 Å². The number of nitrogens with one attached hydrogen (secondary N) is 1. The van der Waals surface area contributed by atoms with Crippen LogP contribution < -0.4 is 14.2 Å². The van der Waals surface area contributed by atoms with Crippen molar-refractivity contribution >= 4 is 33.3 Å².